The lowest BCUT2D eigenvalue weighted by atomic mass is 10.1. The summed E-state index contributed by atoms with van der Waals surface area (Å²) in [5.41, 5.74) is 8.52. The SMILES string of the molecule is Cc1ccc(Br)cc1NC(=O)[C@@H](N)c1ccccc1. The molecule has 2 aromatic rings. The van der Waals surface area contributed by atoms with E-state index in [0.717, 1.165) is 21.3 Å². The summed E-state index contributed by atoms with van der Waals surface area (Å²) in [5.74, 6) is -0.215. The summed E-state index contributed by atoms with van der Waals surface area (Å²) in [6.07, 6.45) is 0. The van der Waals surface area contributed by atoms with Gasteiger partial charge in [-0.3, -0.25) is 4.79 Å². The molecule has 0 bridgehead atoms. The fourth-order valence-corrected chi connectivity index (χ4v) is 2.11. The normalized spacial score (nSPS) is 11.9. The largest absolute Gasteiger partial charge is 0.324 e. The van der Waals surface area contributed by atoms with E-state index in [-0.39, 0.29) is 5.91 Å². The van der Waals surface area contributed by atoms with Crippen LogP contribution in [0.1, 0.15) is 17.2 Å². The molecule has 0 aliphatic heterocycles. The van der Waals surface area contributed by atoms with Crippen LogP contribution in [-0.2, 0) is 4.79 Å². The van der Waals surface area contributed by atoms with Crippen LogP contribution in [0.15, 0.2) is 53.0 Å². The van der Waals surface area contributed by atoms with Crippen LogP contribution in [0.25, 0.3) is 0 Å². The van der Waals surface area contributed by atoms with Crippen molar-refractivity contribution in [1.82, 2.24) is 0 Å². The number of halogens is 1. The molecule has 3 nitrogen and oxygen atoms in total. The molecule has 1 atom stereocenters. The average Bonchev–Trinajstić information content (AvgIpc) is 2.43. The summed E-state index contributed by atoms with van der Waals surface area (Å²) in [4.78, 5) is 12.1. The van der Waals surface area contributed by atoms with E-state index >= 15 is 0 Å². The van der Waals surface area contributed by atoms with Crippen LogP contribution in [0.3, 0.4) is 0 Å². The first-order valence-electron chi connectivity index (χ1n) is 5.95. The number of nitrogens with two attached hydrogens (primary N) is 1. The van der Waals surface area contributed by atoms with Crippen LogP contribution in [0.4, 0.5) is 5.69 Å². The van der Waals surface area contributed by atoms with Crippen molar-refractivity contribution in [2.45, 2.75) is 13.0 Å². The smallest absolute Gasteiger partial charge is 0.245 e. The van der Waals surface area contributed by atoms with Crippen LogP contribution < -0.4 is 11.1 Å². The minimum absolute atomic E-state index is 0.215. The Morgan fingerprint density at radius 2 is 1.89 bits per heavy atom. The third kappa shape index (κ3) is 3.43. The summed E-state index contributed by atoms with van der Waals surface area (Å²) in [6.45, 7) is 1.94. The van der Waals surface area contributed by atoms with E-state index in [1.54, 1.807) is 0 Å². The number of aryl methyl sites for hydroxylation is 1. The molecule has 0 unspecified atom stereocenters. The Labute approximate surface area is 121 Å². The molecule has 0 saturated carbocycles. The van der Waals surface area contributed by atoms with Crippen molar-refractivity contribution in [1.29, 1.82) is 0 Å². The number of benzene rings is 2. The molecule has 0 radical (unpaired) electrons. The third-order valence-electron chi connectivity index (χ3n) is 2.90. The minimum atomic E-state index is -0.667. The van der Waals surface area contributed by atoms with Crippen molar-refractivity contribution in [2.24, 2.45) is 5.73 Å². The number of anilines is 1. The van der Waals surface area contributed by atoms with Crippen molar-refractivity contribution < 1.29 is 4.79 Å². The van der Waals surface area contributed by atoms with Gasteiger partial charge >= 0.3 is 0 Å². The fraction of sp³-hybridized carbons (Fsp3) is 0.133. The quantitative estimate of drug-likeness (QED) is 0.911. The molecule has 3 N–H and O–H groups in total. The van der Waals surface area contributed by atoms with Crippen molar-refractivity contribution in [3.05, 3.63) is 64.1 Å². The minimum Gasteiger partial charge on any atom is -0.324 e. The Morgan fingerprint density at radius 1 is 1.21 bits per heavy atom. The zero-order valence-electron chi connectivity index (χ0n) is 10.6. The van der Waals surface area contributed by atoms with E-state index in [4.69, 9.17) is 5.73 Å². The lowest BCUT2D eigenvalue weighted by Gasteiger charge is -2.14. The molecule has 0 aliphatic rings. The number of hydrogen-bond donors (Lipinski definition) is 2. The molecule has 1 amide bonds. The maximum absolute atomic E-state index is 12.1. The highest BCUT2D eigenvalue weighted by Crippen LogP contribution is 2.22. The topological polar surface area (TPSA) is 55.1 Å². The predicted octanol–water partition coefficient (Wildman–Crippen LogP) is 3.40. The van der Waals surface area contributed by atoms with E-state index in [2.05, 4.69) is 21.2 Å². The zero-order chi connectivity index (χ0) is 13.8. The van der Waals surface area contributed by atoms with Gasteiger partial charge in [0.25, 0.3) is 0 Å². The van der Waals surface area contributed by atoms with Gasteiger partial charge in [-0.2, -0.15) is 0 Å². The number of rotatable bonds is 3. The molecule has 4 heteroatoms. The van der Waals surface area contributed by atoms with Gasteiger partial charge in [0.2, 0.25) is 5.91 Å². The van der Waals surface area contributed by atoms with Crippen LogP contribution in [0, 0.1) is 6.92 Å². The Hall–Kier alpha value is -1.65. The number of nitrogens with one attached hydrogen (secondary N) is 1. The Morgan fingerprint density at radius 3 is 2.58 bits per heavy atom. The maximum atomic E-state index is 12.1. The molecule has 0 aliphatic carbocycles. The van der Waals surface area contributed by atoms with E-state index in [1.165, 1.54) is 0 Å². The average molecular weight is 319 g/mol. The van der Waals surface area contributed by atoms with Crippen LogP contribution in [0.2, 0.25) is 0 Å². The van der Waals surface area contributed by atoms with Crippen LogP contribution in [0.5, 0.6) is 0 Å². The van der Waals surface area contributed by atoms with Crippen molar-refractivity contribution in [3.63, 3.8) is 0 Å². The van der Waals surface area contributed by atoms with Gasteiger partial charge in [-0.25, -0.2) is 0 Å². The van der Waals surface area contributed by atoms with Crippen LogP contribution in [-0.4, -0.2) is 5.91 Å². The van der Waals surface area contributed by atoms with Crippen molar-refractivity contribution in [2.75, 3.05) is 5.32 Å². The summed E-state index contributed by atoms with van der Waals surface area (Å²) in [7, 11) is 0. The van der Waals surface area contributed by atoms with Gasteiger partial charge in [-0.05, 0) is 30.2 Å². The van der Waals surface area contributed by atoms with E-state index in [9.17, 15) is 4.79 Å². The molecule has 98 valence electrons. The molecule has 0 aromatic heterocycles. The molecule has 0 saturated heterocycles. The fourth-order valence-electron chi connectivity index (χ4n) is 1.75. The summed E-state index contributed by atoms with van der Waals surface area (Å²) in [6, 6.07) is 14.4. The van der Waals surface area contributed by atoms with Gasteiger partial charge in [-0.1, -0.05) is 52.3 Å². The lowest BCUT2D eigenvalue weighted by Crippen LogP contribution is -2.27. The van der Waals surface area contributed by atoms with Gasteiger partial charge in [0.05, 0.1) is 0 Å². The second kappa shape index (κ2) is 5.99. The van der Waals surface area contributed by atoms with E-state index in [0.29, 0.717) is 0 Å². The summed E-state index contributed by atoms with van der Waals surface area (Å²) < 4.78 is 0.918. The molecule has 2 rings (SSSR count). The molecular formula is C15H15BrN2O. The van der Waals surface area contributed by atoms with Crippen molar-refractivity contribution >= 4 is 27.5 Å². The molecular weight excluding hydrogens is 304 g/mol. The van der Waals surface area contributed by atoms with Gasteiger partial charge in [0.1, 0.15) is 6.04 Å². The highest BCUT2D eigenvalue weighted by molar-refractivity contribution is 9.10. The Kier molecular flexibility index (Phi) is 4.35. The summed E-state index contributed by atoms with van der Waals surface area (Å²) in [5, 5.41) is 2.86. The Balaban J connectivity index is 2.15. The monoisotopic (exact) mass is 318 g/mol. The molecule has 2 aromatic carbocycles. The van der Waals surface area contributed by atoms with Gasteiger partial charge < -0.3 is 11.1 Å². The van der Waals surface area contributed by atoms with Crippen LogP contribution >= 0.6 is 15.9 Å². The lowest BCUT2D eigenvalue weighted by molar-refractivity contribution is -0.117. The third-order valence-corrected chi connectivity index (χ3v) is 3.39. The Bertz CT molecular complexity index is 584. The van der Waals surface area contributed by atoms with Crippen molar-refractivity contribution in [3.8, 4) is 0 Å². The first-order chi connectivity index (χ1) is 9.08. The number of amides is 1. The number of carbonyl (C=O) groups is 1. The zero-order valence-corrected chi connectivity index (χ0v) is 12.1. The maximum Gasteiger partial charge on any atom is 0.245 e. The van der Waals surface area contributed by atoms with E-state index in [1.807, 2.05) is 55.5 Å². The molecule has 19 heavy (non-hydrogen) atoms. The van der Waals surface area contributed by atoms with Gasteiger partial charge in [-0.15, -0.1) is 0 Å². The summed E-state index contributed by atoms with van der Waals surface area (Å²) >= 11 is 3.39. The van der Waals surface area contributed by atoms with Gasteiger partial charge in [0.15, 0.2) is 0 Å². The van der Waals surface area contributed by atoms with E-state index < -0.39 is 6.04 Å². The molecule has 0 heterocycles. The second-order valence-corrected chi connectivity index (χ2v) is 5.25. The highest BCUT2D eigenvalue weighted by atomic mass is 79.9. The predicted molar refractivity (Wildman–Crippen MR) is 80.9 cm³/mol. The standard InChI is InChI=1S/C15H15BrN2O/c1-10-7-8-12(16)9-13(10)18-15(19)14(17)11-5-3-2-4-6-11/h2-9,14H,17H2,1H3,(H,18,19)/t14-/m0/s1. The number of hydrogen-bond acceptors (Lipinski definition) is 2. The first kappa shape index (κ1) is 13.8. The molecule has 0 fully saturated rings. The number of carbonyl (C=O) groups excluding carboxylic acids is 1. The molecule has 0 spiro atoms. The first-order valence-corrected chi connectivity index (χ1v) is 6.75. The second-order valence-electron chi connectivity index (χ2n) is 4.34. The highest BCUT2D eigenvalue weighted by Gasteiger charge is 2.16. The van der Waals surface area contributed by atoms with Gasteiger partial charge in [0, 0.05) is 10.2 Å².